The highest BCUT2D eigenvalue weighted by molar-refractivity contribution is 6.30. The van der Waals surface area contributed by atoms with Gasteiger partial charge in [-0.05, 0) is 23.8 Å². The summed E-state index contributed by atoms with van der Waals surface area (Å²) in [6.45, 7) is 1.08. The topological polar surface area (TPSA) is 41.5 Å². The van der Waals surface area contributed by atoms with Gasteiger partial charge in [0.25, 0.3) is 0 Å². The van der Waals surface area contributed by atoms with Crippen LogP contribution in [0.5, 0.6) is 5.75 Å². The number of ether oxygens (including phenoxy) is 1. The van der Waals surface area contributed by atoms with Crippen LogP contribution in [0, 0.1) is 0 Å². The fraction of sp³-hybridized carbons (Fsp3) is 0.250. The van der Waals surface area contributed by atoms with Crippen molar-refractivity contribution in [2.45, 2.75) is 12.1 Å². The largest absolute Gasteiger partial charge is 0.491 e. The molecule has 0 saturated heterocycles. The summed E-state index contributed by atoms with van der Waals surface area (Å²) in [5, 5.41) is 14.2. The van der Waals surface area contributed by atoms with Crippen molar-refractivity contribution in [2.75, 3.05) is 13.2 Å². The van der Waals surface area contributed by atoms with Crippen molar-refractivity contribution in [1.82, 2.24) is 5.32 Å². The van der Waals surface area contributed by atoms with Crippen molar-refractivity contribution in [3.05, 3.63) is 64.7 Å². The summed E-state index contributed by atoms with van der Waals surface area (Å²) in [4.78, 5) is 0. The quantitative estimate of drug-likeness (QED) is 0.909. The van der Waals surface area contributed by atoms with Gasteiger partial charge in [-0.1, -0.05) is 41.9 Å². The summed E-state index contributed by atoms with van der Waals surface area (Å²) >= 11 is 5.84. The molecule has 0 amide bonds. The third kappa shape index (κ3) is 2.80. The molecule has 0 aromatic heterocycles. The van der Waals surface area contributed by atoms with Crippen LogP contribution >= 0.6 is 11.6 Å². The van der Waals surface area contributed by atoms with Crippen molar-refractivity contribution in [1.29, 1.82) is 0 Å². The Labute approximate surface area is 123 Å². The first-order valence-corrected chi connectivity index (χ1v) is 7.00. The zero-order valence-corrected chi connectivity index (χ0v) is 11.7. The van der Waals surface area contributed by atoms with Crippen molar-refractivity contribution in [2.24, 2.45) is 0 Å². The van der Waals surface area contributed by atoms with E-state index >= 15 is 0 Å². The van der Waals surface area contributed by atoms with Crippen LogP contribution in [0.25, 0.3) is 0 Å². The minimum absolute atomic E-state index is 0.133. The number of hydrogen-bond donors (Lipinski definition) is 2. The second-order valence-corrected chi connectivity index (χ2v) is 5.31. The molecule has 2 atom stereocenters. The molecule has 1 aliphatic heterocycles. The van der Waals surface area contributed by atoms with E-state index in [0.717, 1.165) is 16.9 Å². The summed E-state index contributed by atoms with van der Waals surface area (Å²) in [6.07, 6.45) is -0.556. The molecule has 0 radical (unpaired) electrons. The fourth-order valence-electron chi connectivity index (χ4n) is 2.39. The Morgan fingerprint density at radius 3 is 2.75 bits per heavy atom. The number of para-hydroxylation sites is 1. The molecule has 4 heteroatoms. The third-order valence-electron chi connectivity index (χ3n) is 3.51. The zero-order chi connectivity index (χ0) is 13.9. The number of halogens is 1. The molecule has 0 bridgehead atoms. The number of fused-ring (bicyclic) bond motifs is 1. The van der Waals surface area contributed by atoms with Gasteiger partial charge in [0.15, 0.2) is 0 Å². The van der Waals surface area contributed by atoms with Gasteiger partial charge in [-0.15, -0.1) is 0 Å². The maximum absolute atomic E-state index is 10.2. The van der Waals surface area contributed by atoms with Crippen molar-refractivity contribution >= 4 is 11.6 Å². The van der Waals surface area contributed by atoms with Gasteiger partial charge in [-0.3, -0.25) is 0 Å². The van der Waals surface area contributed by atoms with Crippen LogP contribution in [0.2, 0.25) is 5.02 Å². The minimum atomic E-state index is -0.556. The molecule has 3 nitrogen and oxygen atoms in total. The number of aliphatic hydroxyl groups excluding tert-OH is 1. The Kier molecular flexibility index (Phi) is 3.92. The van der Waals surface area contributed by atoms with Gasteiger partial charge in [0, 0.05) is 17.1 Å². The molecule has 0 saturated carbocycles. The summed E-state index contributed by atoms with van der Waals surface area (Å²) in [6, 6.07) is 15.4. The Bertz CT molecular complexity index is 585. The third-order valence-corrected chi connectivity index (χ3v) is 3.76. The molecule has 2 aromatic rings. The monoisotopic (exact) mass is 289 g/mol. The highest BCUT2D eigenvalue weighted by Gasteiger charge is 2.23. The first kappa shape index (κ1) is 13.4. The first-order chi connectivity index (χ1) is 9.74. The van der Waals surface area contributed by atoms with E-state index in [1.54, 1.807) is 12.1 Å². The van der Waals surface area contributed by atoms with Crippen molar-refractivity contribution in [3.63, 3.8) is 0 Å². The predicted octanol–water partition coefficient (Wildman–Crippen LogP) is 3.10. The van der Waals surface area contributed by atoms with Gasteiger partial charge in [0.05, 0.1) is 12.1 Å². The lowest BCUT2D eigenvalue weighted by Crippen LogP contribution is -2.27. The number of rotatable bonds is 4. The molecular formula is C16H16ClNO2. The molecule has 3 rings (SSSR count). The van der Waals surface area contributed by atoms with Crippen molar-refractivity contribution < 1.29 is 9.84 Å². The smallest absolute Gasteiger partial charge is 0.124 e. The van der Waals surface area contributed by atoms with Crippen LogP contribution in [0.4, 0.5) is 0 Å². The Morgan fingerprint density at radius 1 is 1.20 bits per heavy atom. The summed E-state index contributed by atoms with van der Waals surface area (Å²) < 4.78 is 5.60. The highest BCUT2D eigenvalue weighted by atomic mass is 35.5. The summed E-state index contributed by atoms with van der Waals surface area (Å²) in [5.74, 6) is 0.922. The molecule has 1 aliphatic rings. The van der Waals surface area contributed by atoms with Crippen molar-refractivity contribution in [3.8, 4) is 5.75 Å². The maximum Gasteiger partial charge on any atom is 0.124 e. The molecule has 20 heavy (non-hydrogen) atoms. The Balaban J connectivity index is 1.62. The van der Waals surface area contributed by atoms with E-state index in [4.69, 9.17) is 16.3 Å². The second-order valence-electron chi connectivity index (χ2n) is 4.88. The van der Waals surface area contributed by atoms with Gasteiger partial charge in [0.1, 0.15) is 12.4 Å². The van der Waals surface area contributed by atoms with Crippen LogP contribution in [0.1, 0.15) is 23.3 Å². The van der Waals surface area contributed by atoms with E-state index in [1.165, 1.54) is 0 Å². The number of aliphatic hydroxyl groups is 1. The molecule has 2 N–H and O–H groups in total. The lowest BCUT2D eigenvalue weighted by molar-refractivity contribution is 0.166. The van der Waals surface area contributed by atoms with E-state index in [2.05, 4.69) is 11.4 Å². The summed E-state index contributed by atoms with van der Waals surface area (Å²) in [7, 11) is 0. The lowest BCUT2D eigenvalue weighted by Gasteiger charge is -2.16. The van der Waals surface area contributed by atoms with Crippen LogP contribution < -0.4 is 10.1 Å². The molecule has 2 aromatic carbocycles. The van der Waals surface area contributed by atoms with Gasteiger partial charge in [0.2, 0.25) is 0 Å². The molecule has 1 heterocycles. The SMILES string of the molecule is OC(CNC1COc2ccccc21)c1ccc(Cl)cc1. The zero-order valence-electron chi connectivity index (χ0n) is 10.9. The molecule has 0 fully saturated rings. The van der Waals surface area contributed by atoms with Crippen LogP contribution in [-0.2, 0) is 0 Å². The van der Waals surface area contributed by atoms with E-state index in [9.17, 15) is 5.11 Å². The average molecular weight is 290 g/mol. The van der Waals surface area contributed by atoms with E-state index in [0.29, 0.717) is 18.2 Å². The Morgan fingerprint density at radius 2 is 1.95 bits per heavy atom. The molecule has 0 spiro atoms. The standard InChI is InChI=1S/C16H16ClNO2/c17-12-7-5-11(6-8-12)15(19)9-18-14-10-20-16-4-2-1-3-13(14)16/h1-8,14-15,18-19H,9-10H2. The first-order valence-electron chi connectivity index (χ1n) is 6.62. The number of hydrogen-bond acceptors (Lipinski definition) is 3. The Hall–Kier alpha value is -1.55. The van der Waals surface area contributed by atoms with Gasteiger partial charge < -0.3 is 15.2 Å². The van der Waals surface area contributed by atoms with Crippen LogP contribution in [0.15, 0.2) is 48.5 Å². The van der Waals surface area contributed by atoms with Crippen LogP contribution in [0.3, 0.4) is 0 Å². The average Bonchev–Trinajstić information content (AvgIpc) is 2.89. The normalized spacial score (nSPS) is 18.4. The molecule has 0 aliphatic carbocycles. The van der Waals surface area contributed by atoms with E-state index < -0.39 is 6.10 Å². The molecular weight excluding hydrogens is 274 g/mol. The second kappa shape index (κ2) is 5.83. The van der Waals surface area contributed by atoms with Gasteiger partial charge in [-0.2, -0.15) is 0 Å². The van der Waals surface area contributed by atoms with Gasteiger partial charge >= 0.3 is 0 Å². The predicted molar refractivity (Wildman–Crippen MR) is 79.1 cm³/mol. The number of nitrogens with one attached hydrogen (secondary N) is 1. The minimum Gasteiger partial charge on any atom is -0.491 e. The summed E-state index contributed by atoms with van der Waals surface area (Å²) in [5.41, 5.74) is 2.00. The lowest BCUT2D eigenvalue weighted by atomic mass is 10.1. The molecule has 104 valence electrons. The van der Waals surface area contributed by atoms with E-state index in [-0.39, 0.29) is 6.04 Å². The molecule has 2 unspecified atom stereocenters. The fourth-order valence-corrected chi connectivity index (χ4v) is 2.51. The van der Waals surface area contributed by atoms with Crippen LogP contribution in [-0.4, -0.2) is 18.3 Å². The maximum atomic E-state index is 10.2. The number of benzene rings is 2. The van der Waals surface area contributed by atoms with E-state index in [1.807, 2.05) is 30.3 Å². The van der Waals surface area contributed by atoms with Gasteiger partial charge in [-0.25, -0.2) is 0 Å². The highest BCUT2D eigenvalue weighted by Crippen LogP contribution is 2.31.